The number of hydrogen-bond donors (Lipinski definition) is 2. The second-order valence-electron chi connectivity index (χ2n) is 9.07. The Hall–Kier alpha value is -3.73. The highest BCUT2D eigenvalue weighted by Gasteiger charge is 2.23. The molecule has 3 heterocycles. The van der Waals surface area contributed by atoms with Gasteiger partial charge in [0, 0.05) is 53.9 Å². The standard InChI is InChI=1S/C28H23F2N3O/c1-33-9-7-16-2-3-17(10-20(16)26(33)15-34)22-14-32-25-5-4-19(11-21(22)25)27-24(29)12-18-6-8-31-13-23(18)28(27)30/h2-5,10-12,14,31-32H,6-9,13H2,1H3. The van der Waals surface area contributed by atoms with Gasteiger partial charge in [0.05, 0.1) is 5.56 Å². The topological polar surface area (TPSA) is 48.1 Å². The third-order valence-electron chi connectivity index (χ3n) is 7.13. The lowest BCUT2D eigenvalue weighted by atomic mass is 9.91. The first kappa shape index (κ1) is 20.8. The molecule has 2 N–H and O–H groups in total. The zero-order valence-corrected chi connectivity index (χ0v) is 18.8. The summed E-state index contributed by atoms with van der Waals surface area (Å²) >= 11 is 0. The van der Waals surface area contributed by atoms with Crippen LogP contribution in [-0.2, 0) is 24.2 Å². The number of nitrogens with one attached hydrogen (secondary N) is 2. The van der Waals surface area contributed by atoms with Crippen LogP contribution in [-0.4, -0.2) is 36.0 Å². The van der Waals surface area contributed by atoms with Crippen LogP contribution in [0.2, 0.25) is 0 Å². The molecule has 0 atom stereocenters. The Kier molecular flexibility index (Phi) is 4.87. The van der Waals surface area contributed by atoms with Crippen LogP contribution >= 0.6 is 0 Å². The fraction of sp³-hybridized carbons (Fsp3) is 0.214. The molecular formula is C28H23F2N3O. The highest BCUT2D eigenvalue weighted by atomic mass is 19.1. The summed E-state index contributed by atoms with van der Waals surface area (Å²) < 4.78 is 30.5. The highest BCUT2D eigenvalue weighted by Crippen LogP contribution is 2.37. The minimum Gasteiger partial charge on any atom is -0.365 e. The van der Waals surface area contributed by atoms with E-state index in [0.717, 1.165) is 58.2 Å². The molecule has 0 radical (unpaired) electrons. The number of nitrogens with zero attached hydrogens (tertiary/aromatic N) is 1. The average Bonchev–Trinajstić information content (AvgIpc) is 3.27. The molecule has 6 rings (SSSR count). The summed E-state index contributed by atoms with van der Waals surface area (Å²) in [5.41, 5.74) is 7.06. The second kappa shape index (κ2) is 7.94. The van der Waals surface area contributed by atoms with Gasteiger partial charge in [-0.25, -0.2) is 13.6 Å². The van der Waals surface area contributed by atoms with E-state index in [-0.39, 0.29) is 5.56 Å². The molecule has 4 aromatic rings. The van der Waals surface area contributed by atoms with Crippen molar-refractivity contribution in [3.05, 3.63) is 82.5 Å². The number of carbonyl (C=O) groups excluding carboxylic acids is 1. The number of fused-ring (bicyclic) bond motifs is 3. The monoisotopic (exact) mass is 455 g/mol. The molecule has 4 nitrogen and oxygen atoms in total. The van der Waals surface area contributed by atoms with Crippen molar-refractivity contribution in [3.8, 4) is 22.3 Å². The number of H-pyrrole nitrogens is 1. The Labute approximate surface area is 195 Å². The summed E-state index contributed by atoms with van der Waals surface area (Å²) in [5, 5.41) is 4.04. The molecule has 2 aliphatic rings. The second-order valence-corrected chi connectivity index (χ2v) is 9.07. The van der Waals surface area contributed by atoms with Crippen molar-refractivity contribution in [1.29, 1.82) is 0 Å². The van der Waals surface area contributed by atoms with E-state index >= 15 is 8.78 Å². The predicted octanol–water partition coefficient (Wildman–Crippen LogP) is 5.09. The van der Waals surface area contributed by atoms with Crippen molar-refractivity contribution < 1.29 is 13.6 Å². The Morgan fingerprint density at radius 3 is 2.68 bits per heavy atom. The molecule has 2 aliphatic heterocycles. The van der Waals surface area contributed by atoms with Gasteiger partial charge in [0.15, 0.2) is 5.94 Å². The molecule has 1 aromatic heterocycles. The maximum Gasteiger partial charge on any atom is 0.151 e. The quantitative estimate of drug-likeness (QED) is 0.414. The summed E-state index contributed by atoms with van der Waals surface area (Å²) in [4.78, 5) is 16.8. The number of aromatic amines is 1. The van der Waals surface area contributed by atoms with Gasteiger partial charge in [-0.15, -0.1) is 0 Å². The van der Waals surface area contributed by atoms with E-state index in [1.807, 2.05) is 48.5 Å². The summed E-state index contributed by atoms with van der Waals surface area (Å²) in [7, 11) is 1.89. The number of halogens is 2. The summed E-state index contributed by atoms with van der Waals surface area (Å²) in [6, 6.07) is 13.0. The first-order valence-electron chi connectivity index (χ1n) is 11.5. The van der Waals surface area contributed by atoms with Crippen LogP contribution in [0.1, 0.15) is 22.3 Å². The third kappa shape index (κ3) is 3.18. The Balaban J connectivity index is 1.50. The Morgan fingerprint density at radius 1 is 0.971 bits per heavy atom. The van der Waals surface area contributed by atoms with Gasteiger partial charge in [-0.05, 0) is 65.9 Å². The first-order valence-corrected chi connectivity index (χ1v) is 11.5. The zero-order valence-electron chi connectivity index (χ0n) is 18.8. The van der Waals surface area contributed by atoms with Crippen molar-refractivity contribution in [3.63, 3.8) is 0 Å². The van der Waals surface area contributed by atoms with Gasteiger partial charge in [-0.2, -0.15) is 0 Å². The van der Waals surface area contributed by atoms with Gasteiger partial charge in [0.25, 0.3) is 0 Å². The molecular weight excluding hydrogens is 432 g/mol. The molecule has 0 saturated heterocycles. The molecule has 34 heavy (non-hydrogen) atoms. The van der Waals surface area contributed by atoms with E-state index in [2.05, 4.69) is 16.2 Å². The normalized spacial score (nSPS) is 15.3. The van der Waals surface area contributed by atoms with E-state index in [1.165, 1.54) is 6.07 Å². The maximum atomic E-state index is 15.4. The maximum absolute atomic E-state index is 15.4. The smallest absolute Gasteiger partial charge is 0.151 e. The van der Waals surface area contributed by atoms with Gasteiger partial charge >= 0.3 is 0 Å². The third-order valence-corrected chi connectivity index (χ3v) is 7.13. The number of likely N-dealkylation sites (N-methyl/N-ethyl adjacent to an activating group) is 1. The highest BCUT2D eigenvalue weighted by molar-refractivity contribution is 5.99. The lowest BCUT2D eigenvalue weighted by molar-refractivity contribution is 0.467. The Morgan fingerprint density at radius 2 is 1.82 bits per heavy atom. The molecule has 0 unspecified atom stereocenters. The number of rotatable bonds is 2. The van der Waals surface area contributed by atoms with Crippen LogP contribution in [0.15, 0.2) is 48.7 Å². The van der Waals surface area contributed by atoms with Gasteiger partial charge in [0.1, 0.15) is 17.3 Å². The minimum atomic E-state index is -0.535. The molecule has 0 fully saturated rings. The summed E-state index contributed by atoms with van der Waals surface area (Å²) in [5.74, 6) is 1.06. The summed E-state index contributed by atoms with van der Waals surface area (Å²) in [6.45, 7) is 1.91. The number of benzene rings is 3. The van der Waals surface area contributed by atoms with Crippen LogP contribution in [0.3, 0.4) is 0 Å². The van der Waals surface area contributed by atoms with Gasteiger partial charge in [0.2, 0.25) is 0 Å². The van der Waals surface area contributed by atoms with Crippen molar-refractivity contribution >= 4 is 22.5 Å². The molecule has 0 saturated carbocycles. The lowest BCUT2D eigenvalue weighted by Crippen LogP contribution is -2.25. The van der Waals surface area contributed by atoms with Crippen LogP contribution in [0, 0.1) is 11.6 Å². The lowest BCUT2D eigenvalue weighted by Gasteiger charge is -2.27. The van der Waals surface area contributed by atoms with Crippen molar-refractivity contribution in [2.75, 3.05) is 20.1 Å². The van der Waals surface area contributed by atoms with E-state index in [0.29, 0.717) is 29.8 Å². The SMILES string of the molecule is CN1CCc2ccc(-c3c[nH]c4ccc(-c5c(F)cc6c(c5F)CNCC6)cc34)cc2C1=C=O. The van der Waals surface area contributed by atoms with Crippen molar-refractivity contribution in [1.82, 2.24) is 15.2 Å². The molecule has 170 valence electrons. The molecule has 0 bridgehead atoms. The van der Waals surface area contributed by atoms with Gasteiger partial charge in [-0.3, -0.25) is 0 Å². The largest absolute Gasteiger partial charge is 0.365 e. The first-order chi connectivity index (χ1) is 16.5. The average molecular weight is 456 g/mol. The molecule has 6 heteroatoms. The molecule has 0 spiro atoms. The van der Waals surface area contributed by atoms with E-state index in [1.54, 1.807) is 6.07 Å². The van der Waals surface area contributed by atoms with E-state index in [9.17, 15) is 4.79 Å². The Bertz CT molecular complexity index is 1510. The van der Waals surface area contributed by atoms with Crippen molar-refractivity contribution in [2.45, 2.75) is 19.4 Å². The van der Waals surface area contributed by atoms with Crippen LogP contribution in [0.5, 0.6) is 0 Å². The fourth-order valence-corrected chi connectivity index (χ4v) is 5.26. The number of aromatic nitrogens is 1. The van der Waals surface area contributed by atoms with Gasteiger partial charge in [-0.1, -0.05) is 18.2 Å². The van der Waals surface area contributed by atoms with E-state index in [4.69, 9.17) is 0 Å². The fourth-order valence-electron chi connectivity index (χ4n) is 5.26. The molecule has 0 aliphatic carbocycles. The van der Waals surface area contributed by atoms with Crippen LogP contribution in [0.25, 0.3) is 38.9 Å². The van der Waals surface area contributed by atoms with Crippen LogP contribution in [0.4, 0.5) is 8.78 Å². The molecule has 0 amide bonds. The minimum absolute atomic E-state index is 0.00902. The predicted molar refractivity (Wildman–Crippen MR) is 130 cm³/mol. The zero-order chi connectivity index (χ0) is 23.4. The van der Waals surface area contributed by atoms with Crippen LogP contribution < -0.4 is 5.32 Å². The number of hydrogen-bond acceptors (Lipinski definition) is 3. The summed E-state index contributed by atoms with van der Waals surface area (Å²) in [6.07, 6.45) is 3.38. The van der Waals surface area contributed by atoms with Crippen molar-refractivity contribution in [2.24, 2.45) is 0 Å². The van der Waals surface area contributed by atoms with E-state index < -0.39 is 11.6 Å². The van der Waals surface area contributed by atoms with Gasteiger partial charge < -0.3 is 15.2 Å². The molecule has 3 aromatic carbocycles.